The summed E-state index contributed by atoms with van der Waals surface area (Å²) in [5, 5.41) is 2.68. The van der Waals surface area contributed by atoms with Gasteiger partial charge in [0.2, 0.25) is 15.9 Å². The Labute approximate surface area is 157 Å². The lowest BCUT2D eigenvalue weighted by molar-refractivity contribution is -0.116. The minimum atomic E-state index is -3.59. The molecule has 0 aliphatic carbocycles. The van der Waals surface area contributed by atoms with Gasteiger partial charge >= 0.3 is 0 Å². The number of hydrogen-bond acceptors (Lipinski definition) is 5. The van der Waals surface area contributed by atoms with Crippen LogP contribution in [-0.2, 0) is 14.8 Å². The van der Waals surface area contributed by atoms with Crippen LogP contribution in [0.15, 0.2) is 42.5 Å². The molecule has 1 atom stereocenters. The van der Waals surface area contributed by atoms with Crippen molar-refractivity contribution in [2.24, 2.45) is 0 Å². The Bertz CT molecular complexity index is 900. The monoisotopic (exact) mass is 396 g/mol. The topological polar surface area (TPSA) is 93.7 Å². The second-order valence-corrected chi connectivity index (χ2v) is 7.59. The van der Waals surface area contributed by atoms with Gasteiger partial charge in [-0.05, 0) is 29.8 Å². The molecular weight excluding hydrogens is 375 g/mol. The largest absolute Gasteiger partial charge is 0.497 e. The summed E-state index contributed by atoms with van der Waals surface area (Å²) < 4.78 is 49.1. The van der Waals surface area contributed by atoms with E-state index in [1.807, 2.05) is 0 Å². The average molecular weight is 396 g/mol. The van der Waals surface area contributed by atoms with Crippen molar-refractivity contribution in [3.8, 4) is 11.5 Å². The van der Waals surface area contributed by atoms with Crippen LogP contribution in [0.3, 0.4) is 0 Å². The van der Waals surface area contributed by atoms with Crippen molar-refractivity contribution in [1.82, 2.24) is 4.72 Å². The molecule has 2 rings (SSSR count). The number of ether oxygens (including phenoxy) is 2. The van der Waals surface area contributed by atoms with Gasteiger partial charge in [-0.25, -0.2) is 17.5 Å². The van der Waals surface area contributed by atoms with Crippen LogP contribution in [0, 0.1) is 5.82 Å². The lowest BCUT2D eigenvalue weighted by Crippen LogP contribution is -2.30. The highest BCUT2D eigenvalue weighted by atomic mass is 32.2. The summed E-state index contributed by atoms with van der Waals surface area (Å²) in [6, 6.07) is 9.31. The van der Waals surface area contributed by atoms with Crippen molar-refractivity contribution >= 4 is 21.6 Å². The van der Waals surface area contributed by atoms with Gasteiger partial charge in [0.15, 0.2) is 0 Å². The van der Waals surface area contributed by atoms with Crippen molar-refractivity contribution in [2.45, 2.75) is 12.5 Å². The third kappa shape index (κ3) is 6.22. The van der Waals surface area contributed by atoms with E-state index in [1.165, 1.54) is 38.5 Å². The first-order valence-electron chi connectivity index (χ1n) is 7.96. The molecule has 2 aromatic rings. The van der Waals surface area contributed by atoms with E-state index in [-0.39, 0.29) is 6.42 Å². The third-order valence-corrected chi connectivity index (χ3v) is 4.41. The molecule has 7 nitrogen and oxygen atoms in total. The fourth-order valence-electron chi connectivity index (χ4n) is 2.47. The van der Waals surface area contributed by atoms with Gasteiger partial charge in [0.25, 0.3) is 0 Å². The van der Waals surface area contributed by atoms with Crippen molar-refractivity contribution in [2.75, 3.05) is 25.8 Å². The van der Waals surface area contributed by atoms with E-state index in [0.717, 1.165) is 6.26 Å². The van der Waals surface area contributed by atoms with Crippen molar-refractivity contribution in [1.29, 1.82) is 0 Å². The number of anilines is 1. The summed E-state index contributed by atoms with van der Waals surface area (Å²) >= 11 is 0. The van der Waals surface area contributed by atoms with Crippen LogP contribution in [0.1, 0.15) is 18.0 Å². The quantitative estimate of drug-likeness (QED) is 0.715. The standard InChI is InChI=1S/C18H21FN2O5S/c1-25-14-8-9-15(17(10-14)26-2)20-18(22)11-16(21-27(3,23)24)12-4-6-13(19)7-5-12/h4-10,16,21H,11H2,1-3H3,(H,20,22)/t16-/m1/s1. The summed E-state index contributed by atoms with van der Waals surface area (Å²) in [6.45, 7) is 0. The van der Waals surface area contributed by atoms with Crippen LogP contribution >= 0.6 is 0 Å². The summed E-state index contributed by atoms with van der Waals surface area (Å²) in [7, 11) is -0.620. The number of rotatable bonds is 8. The summed E-state index contributed by atoms with van der Waals surface area (Å²) in [6.07, 6.45) is 0.807. The van der Waals surface area contributed by atoms with Gasteiger partial charge in [0.1, 0.15) is 17.3 Å². The van der Waals surface area contributed by atoms with Crippen LogP contribution in [0.4, 0.5) is 10.1 Å². The molecule has 146 valence electrons. The van der Waals surface area contributed by atoms with Crippen LogP contribution in [-0.4, -0.2) is 34.8 Å². The molecule has 0 aliphatic heterocycles. The van der Waals surface area contributed by atoms with E-state index in [4.69, 9.17) is 9.47 Å². The molecule has 0 aliphatic rings. The van der Waals surface area contributed by atoms with Crippen LogP contribution in [0.25, 0.3) is 0 Å². The predicted molar refractivity (Wildman–Crippen MR) is 99.9 cm³/mol. The van der Waals surface area contributed by atoms with Crippen LogP contribution in [0.2, 0.25) is 0 Å². The Hall–Kier alpha value is -2.65. The number of hydrogen-bond donors (Lipinski definition) is 2. The molecule has 2 N–H and O–H groups in total. The van der Waals surface area contributed by atoms with Crippen molar-refractivity contribution < 1.29 is 27.1 Å². The minimum absolute atomic E-state index is 0.187. The second kappa shape index (κ2) is 8.83. The summed E-state index contributed by atoms with van der Waals surface area (Å²) in [5.41, 5.74) is 0.888. The molecular formula is C18H21FN2O5S. The van der Waals surface area contributed by atoms with E-state index >= 15 is 0 Å². The molecule has 0 spiro atoms. The summed E-state index contributed by atoms with van der Waals surface area (Å²) in [4.78, 5) is 12.5. The first-order valence-corrected chi connectivity index (χ1v) is 9.85. The smallest absolute Gasteiger partial charge is 0.226 e. The zero-order chi connectivity index (χ0) is 20.0. The number of methoxy groups -OCH3 is 2. The number of halogens is 1. The van der Waals surface area contributed by atoms with E-state index in [1.54, 1.807) is 18.2 Å². The first kappa shape index (κ1) is 20.7. The molecule has 0 heterocycles. The van der Waals surface area contributed by atoms with Gasteiger partial charge in [-0.15, -0.1) is 0 Å². The maximum absolute atomic E-state index is 13.1. The predicted octanol–water partition coefficient (Wildman–Crippen LogP) is 2.46. The van der Waals surface area contributed by atoms with Gasteiger partial charge in [-0.3, -0.25) is 4.79 Å². The van der Waals surface area contributed by atoms with Gasteiger partial charge < -0.3 is 14.8 Å². The molecule has 0 saturated carbocycles. The van der Waals surface area contributed by atoms with Gasteiger partial charge in [-0.2, -0.15) is 0 Å². The number of carbonyl (C=O) groups is 1. The van der Waals surface area contributed by atoms with Crippen molar-refractivity contribution in [3.05, 3.63) is 53.8 Å². The Morgan fingerprint density at radius 3 is 2.33 bits per heavy atom. The molecule has 0 bridgehead atoms. The van der Waals surface area contributed by atoms with Gasteiger partial charge in [0.05, 0.1) is 32.2 Å². The van der Waals surface area contributed by atoms with Crippen molar-refractivity contribution in [3.63, 3.8) is 0 Å². The van der Waals surface area contributed by atoms with Gasteiger partial charge in [0, 0.05) is 12.5 Å². The fraction of sp³-hybridized carbons (Fsp3) is 0.278. The van der Waals surface area contributed by atoms with E-state index in [0.29, 0.717) is 22.7 Å². The number of amides is 1. The Morgan fingerprint density at radius 1 is 1.11 bits per heavy atom. The van der Waals surface area contributed by atoms with Crippen LogP contribution in [0.5, 0.6) is 11.5 Å². The Kier molecular flexibility index (Phi) is 6.75. The number of carbonyl (C=O) groups excluding carboxylic acids is 1. The maximum atomic E-state index is 13.1. The highest BCUT2D eigenvalue weighted by Gasteiger charge is 2.21. The van der Waals surface area contributed by atoms with Gasteiger partial charge in [-0.1, -0.05) is 12.1 Å². The molecule has 27 heavy (non-hydrogen) atoms. The fourth-order valence-corrected chi connectivity index (χ4v) is 3.21. The number of benzene rings is 2. The normalized spacial score (nSPS) is 12.3. The van der Waals surface area contributed by atoms with Crippen LogP contribution < -0.4 is 19.5 Å². The molecule has 0 radical (unpaired) electrons. The van der Waals surface area contributed by atoms with E-state index in [2.05, 4.69) is 10.0 Å². The molecule has 9 heteroatoms. The molecule has 1 amide bonds. The highest BCUT2D eigenvalue weighted by Crippen LogP contribution is 2.29. The molecule has 2 aromatic carbocycles. The molecule has 0 unspecified atom stereocenters. The minimum Gasteiger partial charge on any atom is -0.497 e. The van der Waals surface area contributed by atoms with E-state index in [9.17, 15) is 17.6 Å². The second-order valence-electron chi connectivity index (χ2n) is 5.81. The molecule has 0 aromatic heterocycles. The average Bonchev–Trinajstić information content (AvgIpc) is 2.61. The Morgan fingerprint density at radius 2 is 1.78 bits per heavy atom. The lowest BCUT2D eigenvalue weighted by atomic mass is 10.0. The summed E-state index contributed by atoms with van der Waals surface area (Å²) in [5.74, 6) is 0.0677. The zero-order valence-electron chi connectivity index (χ0n) is 15.2. The lowest BCUT2D eigenvalue weighted by Gasteiger charge is -2.18. The molecule has 0 fully saturated rings. The Balaban J connectivity index is 2.19. The zero-order valence-corrected chi connectivity index (χ0v) is 16.0. The SMILES string of the molecule is COc1ccc(NC(=O)C[C@@H](NS(C)(=O)=O)c2ccc(F)cc2)c(OC)c1. The number of sulfonamides is 1. The highest BCUT2D eigenvalue weighted by molar-refractivity contribution is 7.88. The third-order valence-electron chi connectivity index (χ3n) is 3.70. The van der Waals surface area contributed by atoms with E-state index < -0.39 is 27.8 Å². The molecule has 0 saturated heterocycles. The number of nitrogens with one attached hydrogen (secondary N) is 2. The first-order chi connectivity index (χ1) is 12.7. The maximum Gasteiger partial charge on any atom is 0.226 e.